The van der Waals surface area contributed by atoms with Gasteiger partial charge in [-0.25, -0.2) is 8.78 Å². The molecule has 3 heteroatoms. The van der Waals surface area contributed by atoms with Crippen LogP contribution < -0.4 is 5.73 Å². The van der Waals surface area contributed by atoms with Gasteiger partial charge in [-0.1, -0.05) is 19.9 Å². The topological polar surface area (TPSA) is 26.0 Å². The van der Waals surface area contributed by atoms with Gasteiger partial charge >= 0.3 is 0 Å². The highest BCUT2D eigenvalue weighted by molar-refractivity contribution is 5.24. The molecule has 0 bridgehead atoms. The monoisotopic (exact) mass is 267 g/mol. The maximum atomic E-state index is 14.0. The highest BCUT2D eigenvalue weighted by atomic mass is 19.1. The molecular formula is C16H23F2N. The number of halogens is 2. The summed E-state index contributed by atoms with van der Waals surface area (Å²) < 4.78 is 27.0. The number of hydrogen-bond donors (Lipinski definition) is 1. The Morgan fingerprint density at radius 2 is 2.00 bits per heavy atom. The number of benzene rings is 1. The molecule has 1 aromatic rings. The fourth-order valence-electron chi connectivity index (χ4n) is 3.34. The van der Waals surface area contributed by atoms with Crippen LogP contribution in [0, 0.1) is 29.4 Å². The van der Waals surface area contributed by atoms with Crippen molar-refractivity contribution < 1.29 is 8.78 Å². The van der Waals surface area contributed by atoms with Crippen LogP contribution in [0.5, 0.6) is 0 Å². The van der Waals surface area contributed by atoms with Crippen molar-refractivity contribution in [1.29, 1.82) is 0 Å². The van der Waals surface area contributed by atoms with Gasteiger partial charge in [0.05, 0.1) is 0 Å². The Morgan fingerprint density at radius 3 is 2.58 bits per heavy atom. The molecule has 0 saturated heterocycles. The van der Waals surface area contributed by atoms with Crippen molar-refractivity contribution in [3.05, 3.63) is 35.4 Å². The van der Waals surface area contributed by atoms with Crippen molar-refractivity contribution in [2.45, 2.75) is 39.0 Å². The second-order valence-corrected chi connectivity index (χ2v) is 6.09. The second kappa shape index (κ2) is 6.00. The fourth-order valence-corrected chi connectivity index (χ4v) is 3.34. The summed E-state index contributed by atoms with van der Waals surface area (Å²) in [5.74, 6) is 0.721. The number of hydrogen-bond acceptors (Lipinski definition) is 1. The van der Waals surface area contributed by atoms with Gasteiger partial charge < -0.3 is 5.73 Å². The maximum Gasteiger partial charge on any atom is 0.129 e. The lowest BCUT2D eigenvalue weighted by Crippen LogP contribution is -2.31. The zero-order valence-electron chi connectivity index (χ0n) is 11.7. The maximum absolute atomic E-state index is 14.0. The van der Waals surface area contributed by atoms with Crippen LogP contribution in [0.3, 0.4) is 0 Å². The van der Waals surface area contributed by atoms with Gasteiger partial charge in [0.2, 0.25) is 0 Å². The smallest absolute Gasteiger partial charge is 0.129 e. The summed E-state index contributed by atoms with van der Waals surface area (Å²) in [7, 11) is 0. The van der Waals surface area contributed by atoms with Crippen LogP contribution in [0.4, 0.5) is 8.78 Å². The van der Waals surface area contributed by atoms with Gasteiger partial charge in [0.1, 0.15) is 11.6 Å². The summed E-state index contributed by atoms with van der Waals surface area (Å²) in [5, 5.41) is 0. The van der Waals surface area contributed by atoms with E-state index in [1.54, 1.807) is 6.07 Å². The standard InChI is InChI=1S/C16H23F2N/c1-10(2)11-3-4-12(9-19)15(7-11)14-6-5-13(17)8-16(14)18/h5-6,8,10-12,15H,3-4,7,9,19H2,1-2H3. The van der Waals surface area contributed by atoms with Gasteiger partial charge in [-0.2, -0.15) is 0 Å². The number of rotatable bonds is 3. The van der Waals surface area contributed by atoms with Gasteiger partial charge in [-0.15, -0.1) is 0 Å². The van der Waals surface area contributed by atoms with E-state index in [1.807, 2.05) is 0 Å². The Labute approximate surface area is 114 Å². The molecule has 0 heterocycles. The Kier molecular flexibility index (Phi) is 4.56. The highest BCUT2D eigenvalue weighted by Gasteiger charge is 2.33. The van der Waals surface area contributed by atoms with Gasteiger partial charge in [-0.05, 0) is 61.1 Å². The Balaban J connectivity index is 2.27. The van der Waals surface area contributed by atoms with E-state index in [2.05, 4.69) is 13.8 Å². The first-order valence-electron chi connectivity index (χ1n) is 7.18. The third-order valence-corrected chi connectivity index (χ3v) is 4.64. The van der Waals surface area contributed by atoms with E-state index in [0.717, 1.165) is 18.9 Å². The van der Waals surface area contributed by atoms with Crippen LogP contribution in [0.25, 0.3) is 0 Å². The van der Waals surface area contributed by atoms with E-state index < -0.39 is 11.6 Å². The second-order valence-electron chi connectivity index (χ2n) is 6.09. The lowest BCUT2D eigenvalue weighted by atomic mass is 9.68. The van der Waals surface area contributed by atoms with Crippen molar-refractivity contribution in [1.82, 2.24) is 0 Å². The minimum absolute atomic E-state index is 0.131. The summed E-state index contributed by atoms with van der Waals surface area (Å²) in [4.78, 5) is 0. The minimum atomic E-state index is -0.512. The molecule has 1 aliphatic carbocycles. The zero-order valence-corrected chi connectivity index (χ0v) is 11.7. The summed E-state index contributed by atoms with van der Waals surface area (Å²) >= 11 is 0. The SMILES string of the molecule is CC(C)C1CCC(CN)C(c2ccc(F)cc2F)C1. The molecule has 1 saturated carbocycles. The molecule has 106 valence electrons. The molecule has 1 aromatic carbocycles. The summed E-state index contributed by atoms with van der Waals surface area (Å²) in [5.41, 5.74) is 6.48. The number of nitrogens with two attached hydrogens (primary N) is 1. The third-order valence-electron chi connectivity index (χ3n) is 4.64. The van der Waals surface area contributed by atoms with Gasteiger partial charge in [0.25, 0.3) is 0 Å². The predicted octanol–water partition coefficient (Wildman–Crippen LogP) is 4.08. The third kappa shape index (κ3) is 3.14. The molecule has 2 rings (SSSR count). The Morgan fingerprint density at radius 1 is 1.26 bits per heavy atom. The van der Waals surface area contributed by atoms with Crippen LogP contribution in [0.15, 0.2) is 18.2 Å². The lowest BCUT2D eigenvalue weighted by molar-refractivity contribution is 0.195. The molecule has 0 aliphatic heterocycles. The Hall–Kier alpha value is -0.960. The molecule has 1 aliphatic rings. The molecule has 3 atom stereocenters. The van der Waals surface area contributed by atoms with E-state index in [9.17, 15) is 8.78 Å². The molecule has 19 heavy (non-hydrogen) atoms. The minimum Gasteiger partial charge on any atom is -0.330 e. The lowest BCUT2D eigenvalue weighted by Gasteiger charge is -2.37. The van der Waals surface area contributed by atoms with Crippen LogP contribution in [0.1, 0.15) is 44.6 Å². The molecular weight excluding hydrogens is 244 g/mol. The molecule has 1 nitrogen and oxygen atoms in total. The molecule has 0 amide bonds. The van der Waals surface area contributed by atoms with E-state index in [1.165, 1.54) is 12.5 Å². The summed E-state index contributed by atoms with van der Waals surface area (Å²) in [6, 6.07) is 3.94. The van der Waals surface area contributed by atoms with E-state index in [0.29, 0.717) is 29.9 Å². The van der Waals surface area contributed by atoms with Crippen LogP contribution in [-0.2, 0) is 0 Å². The first-order valence-corrected chi connectivity index (χ1v) is 7.18. The summed E-state index contributed by atoms with van der Waals surface area (Å²) in [6.07, 6.45) is 3.17. The normalized spacial score (nSPS) is 27.8. The average molecular weight is 267 g/mol. The highest BCUT2D eigenvalue weighted by Crippen LogP contribution is 2.43. The van der Waals surface area contributed by atoms with Crippen LogP contribution in [0.2, 0.25) is 0 Å². The van der Waals surface area contributed by atoms with E-state index >= 15 is 0 Å². The van der Waals surface area contributed by atoms with Crippen molar-refractivity contribution in [3.63, 3.8) is 0 Å². The van der Waals surface area contributed by atoms with Gasteiger partial charge in [-0.3, -0.25) is 0 Å². The molecule has 2 N–H and O–H groups in total. The van der Waals surface area contributed by atoms with Crippen LogP contribution in [-0.4, -0.2) is 6.54 Å². The predicted molar refractivity (Wildman–Crippen MR) is 73.8 cm³/mol. The first kappa shape index (κ1) is 14.4. The fraction of sp³-hybridized carbons (Fsp3) is 0.625. The van der Waals surface area contributed by atoms with Gasteiger partial charge in [0.15, 0.2) is 0 Å². The van der Waals surface area contributed by atoms with Gasteiger partial charge in [0, 0.05) is 6.07 Å². The summed E-state index contributed by atoms with van der Waals surface area (Å²) in [6.45, 7) is 5.00. The van der Waals surface area contributed by atoms with E-state index in [-0.39, 0.29) is 5.92 Å². The quantitative estimate of drug-likeness (QED) is 0.877. The zero-order chi connectivity index (χ0) is 14.0. The average Bonchev–Trinajstić information content (AvgIpc) is 2.38. The van der Waals surface area contributed by atoms with Crippen molar-refractivity contribution >= 4 is 0 Å². The molecule has 3 unspecified atom stereocenters. The van der Waals surface area contributed by atoms with Crippen LogP contribution >= 0.6 is 0 Å². The molecule has 0 aromatic heterocycles. The largest absolute Gasteiger partial charge is 0.330 e. The molecule has 0 spiro atoms. The van der Waals surface area contributed by atoms with Crippen molar-refractivity contribution in [3.8, 4) is 0 Å². The van der Waals surface area contributed by atoms with E-state index in [4.69, 9.17) is 5.73 Å². The Bertz CT molecular complexity index is 431. The molecule has 1 fully saturated rings. The first-order chi connectivity index (χ1) is 9.02. The van der Waals surface area contributed by atoms with Crippen molar-refractivity contribution in [2.75, 3.05) is 6.54 Å². The molecule has 0 radical (unpaired) electrons. The van der Waals surface area contributed by atoms with Crippen molar-refractivity contribution in [2.24, 2.45) is 23.5 Å².